The highest BCUT2D eigenvalue weighted by Crippen LogP contribution is 2.27. The van der Waals surface area contributed by atoms with Crippen LogP contribution in [0.5, 0.6) is 0 Å². The minimum atomic E-state index is -0.535. The van der Waals surface area contributed by atoms with Crippen molar-refractivity contribution in [1.82, 2.24) is 24.6 Å². The molecule has 3 N–H and O–H groups in total. The number of carbonyl (C=O) groups is 2. The third kappa shape index (κ3) is 3.05. The SMILES string of the molecule is NC(=O)c1cc(C2CCN(C(=O)Cn3cnc4ccccc43)CC2)[nH]n1. The summed E-state index contributed by atoms with van der Waals surface area (Å²) in [6, 6.07) is 9.50. The quantitative estimate of drug-likeness (QED) is 0.736. The number of aromatic amines is 1. The molecule has 2 amide bonds. The molecular formula is C18H20N6O2. The van der Waals surface area contributed by atoms with Gasteiger partial charge < -0.3 is 15.2 Å². The van der Waals surface area contributed by atoms with E-state index in [9.17, 15) is 9.59 Å². The average Bonchev–Trinajstić information content (AvgIpc) is 3.30. The molecule has 1 saturated heterocycles. The van der Waals surface area contributed by atoms with E-state index >= 15 is 0 Å². The van der Waals surface area contributed by atoms with Gasteiger partial charge in [-0.3, -0.25) is 14.7 Å². The van der Waals surface area contributed by atoms with Crippen LogP contribution in [0.4, 0.5) is 0 Å². The molecule has 1 aliphatic rings. The van der Waals surface area contributed by atoms with Crippen LogP contribution in [0.25, 0.3) is 11.0 Å². The zero-order valence-corrected chi connectivity index (χ0v) is 14.3. The number of aromatic nitrogens is 4. The van der Waals surface area contributed by atoms with Crippen LogP contribution in [0, 0.1) is 0 Å². The number of primary amides is 1. The van der Waals surface area contributed by atoms with Crippen molar-refractivity contribution in [2.24, 2.45) is 5.73 Å². The van der Waals surface area contributed by atoms with Crippen molar-refractivity contribution in [3.05, 3.63) is 48.0 Å². The van der Waals surface area contributed by atoms with E-state index in [-0.39, 0.29) is 17.5 Å². The summed E-state index contributed by atoms with van der Waals surface area (Å²) in [7, 11) is 0. The zero-order chi connectivity index (χ0) is 18.1. The summed E-state index contributed by atoms with van der Waals surface area (Å²) in [5.41, 5.74) is 8.26. The van der Waals surface area contributed by atoms with Gasteiger partial charge in [-0.2, -0.15) is 5.10 Å². The molecule has 0 atom stereocenters. The van der Waals surface area contributed by atoms with Gasteiger partial charge in [0.15, 0.2) is 0 Å². The number of benzene rings is 1. The molecule has 3 aromatic rings. The van der Waals surface area contributed by atoms with Crippen molar-refractivity contribution in [1.29, 1.82) is 0 Å². The van der Waals surface area contributed by atoms with Crippen LogP contribution in [0.3, 0.4) is 0 Å². The topological polar surface area (TPSA) is 110 Å². The predicted octanol–water partition coefficient (Wildman–Crippen LogP) is 1.26. The van der Waals surface area contributed by atoms with Gasteiger partial charge in [-0.05, 0) is 31.0 Å². The lowest BCUT2D eigenvalue weighted by molar-refractivity contribution is -0.132. The summed E-state index contributed by atoms with van der Waals surface area (Å²) in [5.74, 6) is -0.185. The van der Waals surface area contributed by atoms with E-state index in [4.69, 9.17) is 5.73 Å². The summed E-state index contributed by atoms with van der Waals surface area (Å²) < 4.78 is 1.89. The smallest absolute Gasteiger partial charge is 0.269 e. The maximum Gasteiger partial charge on any atom is 0.269 e. The number of carbonyl (C=O) groups excluding carboxylic acids is 2. The van der Waals surface area contributed by atoms with Crippen LogP contribution >= 0.6 is 0 Å². The number of nitrogens with one attached hydrogen (secondary N) is 1. The first-order chi connectivity index (χ1) is 12.6. The van der Waals surface area contributed by atoms with E-state index in [0.717, 1.165) is 29.6 Å². The van der Waals surface area contributed by atoms with Gasteiger partial charge in [-0.25, -0.2) is 4.98 Å². The largest absolute Gasteiger partial charge is 0.364 e. The molecule has 8 heteroatoms. The second-order valence-corrected chi connectivity index (χ2v) is 6.59. The highest BCUT2D eigenvalue weighted by molar-refractivity contribution is 5.90. The van der Waals surface area contributed by atoms with Crippen molar-refractivity contribution >= 4 is 22.8 Å². The Morgan fingerprint density at radius 1 is 1.23 bits per heavy atom. The van der Waals surface area contributed by atoms with Gasteiger partial charge in [0, 0.05) is 24.7 Å². The molecule has 0 unspecified atom stereocenters. The average molecular weight is 352 g/mol. The van der Waals surface area contributed by atoms with Crippen molar-refractivity contribution in [2.75, 3.05) is 13.1 Å². The van der Waals surface area contributed by atoms with Crippen LogP contribution in [-0.4, -0.2) is 49.6 Å². The normalized spacial score (nSPS) is 15.5. The van der Waals surface area contributed by atoms with Gasteiger partial charge in [-0.1, -0.05) is 12.1 Å². The predicted molar refractivity (Wildman–Crippen MR) is 95.4 cm³/mol. The highest BCUT2D eigenvalue weighted by Gasteiger charge is 2.25. The lowest BCUT2D eigenvalue weighted by Gasteiger charge is -2.31. The molecule has 0 radical (unpaired) electrons. The van der Waals surface area contributed by atoms with E-state index in [0.29, 0.717) is 19.6 Å². The number of hydrogen-bond acceptors (Lipinski definition) is 4. The number of hydrogen-bond donors (Lipinski definition) is 2. The Morgan fingerprint density at radius 3 is 2.73 bits per heavy atom. The molecule has 134 valence electrons. The van der Waals surface area contributed by atoms with E-state index in [1.807, 2.05) is 33.7 Å². The van der Waals surface area contributed by atoms with Crippen molar-refractivity contribution in [3.63, 3.8) is 0 Å². The third-order valence-electron chi connectivity index (χ3n) is 4.97. The fourth-order valence-electron chi connectivity index (χ4n) is 3.49. The number of rotatable bonds is 4. The molecule has 1 aromatic carbocycles. The van der Waals surface area contributed by atoms with Crippen molar-refractivity contribution in [2.45, 2.75) is 25.3 Å². The monoisotopic (exact) mass is 352 g/mol. The van der Waals surface area contributed by atoms with Crippen LogP contribution in [0.2, 0.25) is 0 Å². The van der Waals surface area contributed by atoms with Crippen LogP contribution in [0.1, 0.15) is 34.9 Å². The Kier molecular flexibility index (Phi) is 4.16. The molecule has 3 heterocycles. The Labute approximate surface area is 150 Å². The Bertz CT molecular complexity index is 951. The molecule has 2 aromatic heterocycles. The van der Waals surface area contributed by atoms with Crippen molar-refractivity contribution < 1.29 is 9.59 Å². The summed E-state index contributed by atoms with van der Waals surface area (Å²) in [5, 5.41) is 6.82. The highest BCUT2D eigenvalue weighted by atomic mass is 16.2. The Morgan fingerprint density at radius 2 is 2.00 bits per heavy atom. The number of likely N-dealkylation sites (tertiary alicyclic amines) is 1. The maximum atomic E-state index is 12.6. The van der Waals surface area contributed by atoms with E-state index in [1.54, 1.807) is 12.4 Å². The Hall–Kier alpha value is -3.16. The molecule has 8 nitrogen and oxygen atoms in total. The molecular weight excluding hydrogens is 332 g/mol. The van der Waals surface area contributed by atoms with Gasteiger partial charge in [0.05, 0.1) is 17.4 Å². The van der Waals surface area contributed by atoms with Gasteiger partial charge in [0.2, 0.25) is 5.91 Å². The third-order valence-corrected chi connectivity index (χ3v) is 4.97. The lowest BCUT2D eigenvalue weighted by Crippen LogP contribution is -2.39. The Balaban J connectivity index is 1.38. The van der Waals surface area contributed by atoms with Crippen LogP contribution < -0.4 is 5.73 Å². The number of amides is 2. The number of fused-ring (bicyclic) bond motifs is 1. The van der Waals surface area contributed by atoms with Gasteiger partial charge in [0.25, 0.3) is 5.91 Å². The van der Waals surface area contributed by atoms with Gasteiger partial charge >= 0.3 is 0 Å². The number of para-hydroxylation sites is 2. The summed E-state index contributed by atoms with van der Waals surface area (Å²) in [4.78, 5) is 30.0. The maximum absolute atomic E-state index is 12.6. The minimum Gasteiger partial charge on any atom is -0.364 e. The van der Waals surface area contributed by atoms with Gasteiger partial charge in [0.1, 0.15) is 12.2 Å². The van der Waals surface area contributed by atoms with Crippen LogP contribution in [0.15, 0.2) is 36.7 Å². The second kappa shape index (κ2) is 6.62. The summed E-state index contributed by atoms with van der Waals surface area (Å²) in [6.45, 7) is 1.66. The molecule has 0 aliphatic carbocycles. The number of nitrogens with zero attached hydrogens (tertiary/aromatic N) is 4. The minimum absolute atomic E-state index is 0.0917. The second-order valence-electron chi connectivity index (χ2n) is 6.59. The number of piperidine rings is 1. The van der Waals surface area contributed by atoms with Crippen LogP contribution in [-0.2, 0) is 11.3 Å². The molecule has 0 saturated carbocycles. The van der Waals surface area contributed by atoms with Crippen molar-refractivity contribution in [3.8, 4) is 0 Å². The van der Waals surface area contributed by atoms with E-state index in [2.05, 4.69) is 15.2 Å². The van der Waals surface area contributed by atoms with Gasteiger partial charge in [-0.15, -0.1) is 0 Å². The molecule has 26 heavy (non-hydrogen) atoms. The first-order valence-electron chi connectivity index (χ1n) is 8.64. The first-order valence-corrected chi connectivity index (χ1v) is 8.64. The fourth-order valence-corrected chi connectivity index (χ4v) is 3.49. The fraction of sp³-hybridized carbons (Fsp3) is 0.333. The van der Waals surface area contributed by atoms with E-state index < -0.39 is 5.91 Å². The standard InChI is InChI=1S/C18H20N6O2/c19-18(26)15-9-14(21-22-15)12-5-7-23(8-6-12)17(25)10-24-11-20-13-3-1-2-4-16(13)24/h1-4,9,11-12H,5-8,10H2,(H2,19,26)(H,21,22). The first kappa shape index (κ1) is 16.3. The number of H-pyrrole nitrogens is 1. The lowest BCUT2D eigenvalue weighted by atomic mass is 9.93. The molecule has 1 fully saturated rings. The summed E-state index contributed by atoms with van der Waals surface area (Å²) >= 11 is 0. The number of imidazole rings is 1. The molecule has 0 spiro atoms. The number of nitrogens with two attached hydrogens (primary N) is 1. The molecule has 1 aliphatic heterocycles. The summed E-state index contributed by atoms with van der Waals surface area (Å²) in [6.07, 6.45) is 3.37. The molecule has 4 rings (SSSR count). The molecule has 0 bridgehead atoms. The zero-order valence-electron chi connectivity index (χ0n) is 14.3. The van der Waals surface area contributed by atoms with E-state index in [1.165, 1.54) is 0 Å².